The van der Waals surface area contributed by atoms with E-state index in [1.54, 1.807) is 0 Å². The number of nitrogens with one attached hydrogen (secondary N) is 1. The molecule has 0 aliphatic carbocycles. The van der Waals surface area contributed by atoms with Crippen molar-refractivity contribution in [3.8, 4) is 0 Å². The Balaban J connectivity index is 1.71. The number of benzene rings is 3. The van der Waals surface area contributed by atoms with Crippen LogP contribution in [0.15, 0.2) is 66.7 Å². The van der Waals surface area contributed by atoms with Crippen molar-refractivity contribution in [3.63, 3.8) is 0 Å². The number of hydrogen-bond acceptors (Lipinski definition) is 2. The Morgan fingerprint density at radius 3 is 2.35 bits per heavy atom. The molecular weight excluding hydrogens is 322 g/mol. The molecule has 0 fully saturated rings. The minimum Gasteiger partial charge on any atom is -0.374 e. The van der Waals surface area contributed by atoms with E-state index in [1.807, 2.05) is 63.2 Å². The summed E-state index contributed by atoms with van der Waals surface area (Å²) < 4.78 is 5.59. The zero-order chi connectivity index (χ0) is 18.5. The Morgan fingerprint density at radius 1 is 0.923 bits per heavy atom. The van der Waals surface area contributed by atoms with Gasteiger partial charge < -0.3 is 10.1 Å². The Kier molecular flexibility index (Phi) is 5.69. The highest BCUT2D eigenvalue weighted by Crippen LogP contribution is 2.24. The summed E-state index contributed by atoms with van der Waals surface area (Å²) in [5.41, 5.74) is 2.85. The second-order valence-electron chi connectivity index (χ2n) is 6.82. The number of rotatable bonds is 6. The lowest BCUT2D eigenvalue weighted by Crippen LogP contribution is -2.26. The standard InChI is InChI=1S/C23H25NO2/c1-16(2)26-15-18-11-13-20(14-12-18)23(25)24-17(3)21-10-6-8-19-7-4-5-9-22(19)21/h4-14,16-17H,15H2,1-3H3,(H,24,25)/t17-/m1/s1. The quantitative estimate of drug-likeness (QED) is 0.661. The average molecular weight is 347 g/mol. The van der Waals surface area contributed by atoms with Crippen LogP contribution in [0, 0.1) is 0 Å². The van der Waals surface area contributed by atoms with E-state index in [0.717, 1.165) is 11.1 Å². The smallest absolute Gasteiger partial charge is 0.251 e. The van der Waals surface area contributed by atoms with E-state index in [-0.39, 0.29) is 18.1 Å². The third-order valence-corrected chi connectivity index (χ3v) is 4.44. The van der Waals surface area contributed by atoms with Crippen molar-refractivity contribution >= 4 is 16.7 Å². The maximum Gasteiger partial charge on any atom is 0.251 e. The predicted molar refractivity (Wildman–Crippen MR) is 106 cm³/mol. The van der Waals surface area contributed by atoms with Gasteiger partial charge in [-0.05, 0) is 54.8 Å². The second-order valence-corrected chi connectivity index (χ2v) is 6.82. The maximum absolute atomic E-state index is 12.6. The molecular formula is C23H25NO2. The van der Waals surface area contributed by atoms with Crippen LogP contribution in [-0.4, -0.2) is 12.0 Å². The molecule has 0 bridgehead atoms. The number of amides is 1. The molecule has 0 radical (unpaired) electrons. The highest BCUT2D eigenvalue weighted by atomic mass is 16.5. The summed E-state index contributed by atoms with van der Waals surface area (Å²) in [5.74, 6) is -0.0678. The van der Waals surface area contributed by atoms with Gasteiger partial charge in [-0.1, -0.05) is 54.6 Å². The lowest BCUT2D eigenvalue weighted by Gasteiger charge is -2.17. The molecule has 134 valence electrons. The van der Waals surface area contributed by atoms with Crippen LogP contribution >= 0.6 is 0 Å². The molecule has 1 N–H and O–H groups in total. The summed E-state index contributed by atoms with van der Waals surface area (Å²) in [7, 11) is 0. The number of ether oxygens (including phenoxy) is 1. The molecule has 0 aromatic heterocycles. The first-order chi connectivity index (χ1) is 12.5. The molecule has 1 amide bonds. The van der Waals surface area contributed by atoms with Crippen molar-refractivity contribution < 1.29 is 9.53 Å². The van der Waals surface area contributed by atoms with Crippen LogP contribution in [-0.2, 0) is 11.3 Å². The number of fused-ring (bicyclic) bond motifs is 1. The number of hydrogen-bond donors (Lipinski definition) is 1. The van der Waals surface area contributed by atoms with E-state index in [9.17, 15) is 4.79 Å². The molecule has 0 aliphatic heterocycles. The molecule has 0 unspecified atom stereocenters. The number of carbonyl (C=O) groups excluding carboxylic acids is 1. The van der Waals surface area contributed by atoms with E-state index in [0.29, 0.717) is 12.2 Å². The van der Waals surface area contributed by atoms with Gasteiger partial charge in [-0.25, -0.2) is 0 Å². The van der Waals surface area contributed by atoms with Crippen molar-refractivity contribution in [1.29, 1.82) is 0 Å². The van der Waals surface area contributed by atoms with E-state index < -0.39 is 0 Å². The largest absolute Gasteiger partial charge is 0.374 e. The third-order valence-electron chi connectivity index (χ3n) is 4.44. The molecule has 3 heteroatoms. The first-order valence-corrected chi connectivity index (χ1v) is 9.03. The topological polar surface area (TPSA) is 38.3 Å². The molecule has 0 spiro atoms. The summed E-state index contributed by atoms with van der Waals surface area (Å²) >= 11 is 0. The molecule has 0 saturated carbocycles. The Labute approximate surface area is 155 Å². The molecule has 1 atom stereocenters. The predicted octanol–water partition coefficient (Wildman–Crippen LogP) is 5.26. The van der Waals surface area contributed by atoms with Crippen LogP contribution in [0.3, 0.4) is 0 Å². The molecule has 3 aromatic carbocycles. The van der Waals surface area contributed by atoms with Crippen molar-refractivity contribution in [1.82, 2.24) is 5.32 Å². The van der Waals surface area contributed by atoms with Gasteiger partial charge in [0.15, 0.2) is 0 Å². The SMILES string of the molecule is CC(C)OCc1ccc(C(=O)N[C@H](C)c2cccc3ccccc23)cc1. The van der Waals surface area contributed by atoms with Crippen LogP contribution in [0.5, 0.6) is 0 Å². The molecule has 0 saturated heterocycles. The van der Waals surface area contributed by atoms with E-state index in [2.05, 4.69) is 29.6 Å². The van der Waals surface area contributed by atoms with Gasteiger partial charge in [0.2, 0.25) is 0 Å². The summed E-state index contributed by atoms with van der Waals surface area (Å²) in [6.45, 7) is 6.60. The normalized spacial score (nSPS) is 12.3. The lowest BCUT2D eigenvalue weighted by atomic mass is 9.99. The Bertz CT molecular complexity index is 879. The molecule has 0 heterocycles. The average Bonchev–Trinajstić information content (AvgIpc) is 2.66. The van der Waals surface area contributed by atoms with Crippen molar-refractivity contribution in [2.45, 2.75) is 39.5 Å². The highest BCUT2D eigenvalue weighted by molar-refractivity contribution is 5.95. The van der Waals surface area contributed by atoms with Crippen molar-refractivity contribution in [2.24, 2.45) is 0 Å². The van der Waals surface area contributed by atoms with Crippen LogP contribution in [0.25, 0.3) is 10.8 Å². The third kappa shape index (κ3) is 4.30. The van der Waals surface area contributed by atoms with Gasteiger partial charge in [-0.3, -0.25) is 4.79 Å². The second kappa shape index (κ2) is 8.15. The van der Waals surface area contributed by atoms with Gasteiger partial charge in [0, 0.05) is 5.56 Å². The Morgan fingerprint density at radius 2 is 1.62 bits per heavy atom. The van der Waals surface area contributed by atoms with Crippen LogP contribution < -0.4 is 5.32 Å². The van der Waals surface area contributed by atoms with Gasteiger partial charge >= 0.3 is 0 Å². The zero-order valence-corrected chi connectivity index (χ0v) is 15.5. The molecule has 3 aromatic rings. The van der Waals surface area contributed by atoms with Crippen LogP contribution in [0.1, 0.15) is 48.3 Å². The lowest BCUT2D eigenvalue weighted by molar-refractivity contribution is 0.0656. The molecule has 0 aliphatic rings. The fourth-order valence-corrected chi connectivity index (χ4v) is 3.00. The van der Waals surface area contributed by atoms with Crippen LogP contribution in [0.2, 0.25) is 0 Å². The van der Waals surface area contributed by atoms with E-state index >= 15 is 0 Å². The van der Waals surface area contributed by atoms with Crippen molar-refractivity contribution in [3.05, 3.63) is 83.4 Å². The first kappa shape index (κ1) is 18.2. The first-order valence-electron chi connectivity index (χ1n) is 9.03. The van der Waals surface area contributed by atoms with E-state index in [4.69, 9.17) is 4.74 Å². The maximum atomic E-state index is 12.6. The highest BCUT2D eigenvalue weighted by Gasteiger charge is 2.13. The summed E-state index contributed by atoms with van der Waals surface area (Å²) in [6.07, 6.45) is 0.194. The monoisotopic (exact) mass is 347 g/mol. The van der Waals surface area contributed by atoms with Gasteiger partial charge in [-0.15, -0.1) is 0 Å². The van der Waals surface area contributed by atoms with Crippen molar-refractivity contribution in [2.75, 3.05) is 0 Å². The zero-order valence-electron chi connectivity index (χ0n) is 15.5. The minimum absolute atomic E-state index is 0.0678. The van der Waals surface area contributed by atoms with Gasteiger partial charge in [0.05, 0.1) is 18.8 Å². The summed E-state index contributed by atoms with van der Waals surface area (Å²) in [4.78, 5) is 12.6. The minimum atomic E-state index is -0.0717. The Hall–Kier alpha value is -2.65. The van der Waals surface area contributed by atoms with Crippen LogP contribution in [0.4, 0.5) is 0 Å². The van der Waals surface area contributed by atoms with E-state index in [1.165, 1.54) is 10.8 Å². The van der Waals surface area contributed by atoms with Gasteiger partial charge in [0.25, 0.3) is 5.91 Å². The summed E-state index contributed by atoms with van der Waals surface area (Å²) in [5, 5.41) is 5.46. The molecule has 3 rings (SSSR count). The fraction of sp³-hybridized carbons (Fsp3) is 0.261. The van der Waals surface area contributed by atoms with Gasteiger partial charge in [0.1, 0.15) is 0 Å². The fourth-order valence-electron chi connectivity index (χ4n) is 3.00. The summed E-state index contributed by atoms with van der Waals surface area (Å²) in [6, 6.07) is 21.9. The molecule has 3 nitrogen and oxygen atoms in total. The van der Waals surface area contributed by atoms with Gasteiger partial charge in [-0.2, -0.15) is 0 Å². The number of carbonyl (C=O) groups is 1. The molecule has 26 heavy (non-hydrogen) atoms.